The van der Waals surface area contributed by atoms with Gasteiger partial charge >= 0.3 is 0 Å². The van der Waals surface area contributed by atoms with Crippen molar-refractivity contribution in [3.8, 4) is 10.6 Å². The molecule has 3 nitrogen and oxygen atoms in total. The fraction of sp³-hybridized carbons (Fsp3) is 0.200. The van der Waals surface area contributed by atoms with E-state index in [1.807, 2.05) is 37.6 Å². The zero-order valence-corrected chi connectivity index (χ0v) is 16.0. The maximum absolute atomic E-state index is 12.7. The van der Waals surface area contributed by atoms with Crippen LogP contribution in [0.5, 0.6) is 0 Å². The van der Waals surface area contributed by atoms with Crippen LogP contribution >= 0.6 is 49.9 Å². The van der Waals surface area contributed by atoms with Gasteiger partial charge in [-0.3, -0.25) is 4.79 Å². The van der Waals surface area contributed by atoms with Crippen molar-refractivity contribution < 1.29 is 4.79 Å². The number of halogens is 1. The van der Waals surface area contributed by atoms with Gasteiger partial charge in [-0.1, -0.05) is 0 Å². The molecule has 0 radical (unpaired) electrons. The van der Waals surface area contributed by atoms with Crippen molar-refractivity contribution >= 4 is 55.8 Å². The van der Waals surface area contributed by atoms with Gasteiger partial charge in [0.25, 0.3) is 5.91 Å². The minimum atomic E-state index is 0.0287. The first-order valence-electron chi connectivity index (χ1n) is 6.54. The number of amides is 1. The lowest BCUT2D eigenvalue weighted by Gasteiger charge is -2.15. The number of hydrogen-bond acceptors (Lipinski definition) is 5. The van der Waals surface area contributed by atoms with Crippen molar-refractivity contribution in [2.45, 2.75) is 13.5 Å². The number of thiophene rings is 2. The first-order valence-corrected chi connectivity index (χ1v) is 9.91. The zero-order chi connectivity index (χ0) is 15.7. The third-order valence-electron chi connectivity index (χ3n) is 3.13. The number of hydrogen-bond donors (Lipinski definition) is 0. The molecule has 0 aliphatic heterocycles. The molecular weight excluding hydrogens is 400 g/mol. The number of aromatic nitrogens is 1. The van der Waals surface area contributed by atoms with Crippen molar-refractivity contribution in [3.63, 3.8) is 0 Å². The number of rotatable bonds is 4. The normalized spacial score (nSPS) is 10.9. The third-order valence-corrected chi connectivity index (χ3v) is 6.61. The van der Waals surface area contributed by atoms with E-state index in [0.717, 1.165) is 29.8 Å². The molecule has 0 atom stereocenters. The molecule has 0 bridgehead atoms. The average Bonchev–Trinajstić information content (AvgIpc) is 3.19. The molecule has 0 fully saturated rings. The van der Waals surface area contributed by atoms with Crippen LogP contribution in [0.25, 0.3) is 10.6 Å². The Morgan fingerprint density at radius 3 is 2.77 bits per heavy atom. The van der Waals surface area contributed by atoms with Crippen LogP contribution < -0.4 is 0 Å². The Morgan fingerprint density at radius 1 is 1.32 bits per heavy atom. The van der Waals surface area contributed by atoms with Gasteiger partial charge in [-0.05, 0) is 46.4 Å². The Kier molecular flexibility index (Phi) is 4.77. The standard InChI is InChI=1S/C15H13BrN2OS3/c1-9-13(22-14(17-9)10-5-6-20-8-10)15(19)18(2)7-11-3-4-12(16)21-11/h3-6,8H,7H2,1-2H3. The number of nitrogens with zero attached hydrogens (tertiary/aromatic N) is 2. The fourth-order valence-corrected chi connectivity index (χ4v) is 5.33. The van der Waals surface area contributed by atoms with Crippen molar-refractivity contribution in [2.75, 3.05) is 7.05 Å². The van der Waals surface area contributed by atoms with Crippen LogP contribution in [0.3, 0.4) is 0 Å². The van der Waals surface area contributed by atoms with E-state index in [4.69, 9.17) is 0 Å². The van der Waals surface area contributed by atoms with Gasteiger partial charge in [0, 0.05) is 22.9 Å². The number of carbonyl (C=O) groups is 1. The molecule has 0 N–H and O–H groups in total. The summed E-state index contributed by atoms with van der Waals surface area (Å²) in [6.07, 6.45) is 0. The van der Waals surface area contributed by atoms with Gasteiger partial charge in [0.05, 0.1) is 16.0 Å². The van der Waals surface area contributed by atoms with E-state index in [0.29, 0.717) is 6.54 Å². The van der Waals surface area contributed by atoms with Gasteiger partial charge in [0.15, 0.2) is 0 Å². The van der Waals surface area contributed by atoms with Crippen molar-refractivity contribution in [1.82, 2.24) is 9.88 Å². The summed E-state index contributed by atoms with van der Waals surface area (Å²) in [5.41, 5.74) is 1.89. The predicted octanol–water partition coefficient (Wildman–Crippen LogP) is 5.28. The van der Waals surface area contributed by atoms with Crippen LogP contribution in [0.15, 0.2) is 32.7 Å². The Bertz CT molecular complexity index is 792. The molecule has 0 saturated heterocycles. The van der Waals surface area contributed by atoms with E-state index in [-0.39, 0.29) is 5.91 Å². The first kappa shape index (κ1) is 15.9. The highest BCUT2D eigenvalue weighted by Crippen LogP contribution is 2.30. The Balaban J connectivity index is 1.79. The summed E-state index contributed by atoms with van der Waals surface area (Å²) >= 11 is 8.20. The molecule has 0 saturated carbocycles. The topological polar surface area (TPSA) is 33.2 Å². The highest BCUT2D eigenvalue weighted by atomic mass is 79.9. The van der Waals surface area contributed by atoms with E-state index < -0.39 is 0 Å². The highest BCUT2D eigenvalue weighted by molar-refractivity contribution is 9.11. The number of thiazole rings is 1. The molecule has 7 heteroatoms. The minimum absolute atomic E-state index is 0.0287. The first-order chi connectivity index (χ1) is 10.5. The molecule has 0 spiro atoms. The van der Waals surface area contributed by atoms with Gasteiger partial charge in [0.1, 0.15) is 9.88 Å². The van der Waals surface area contributed by atoms with Gasteiger partial charge in [-0.15, -0.1) is 22.7 Å². The molecule has 3 rings (SSSR count). The molecule has 3 heterocycles. The third kappa shape index (κ3) is 3.32. The summed E-state index contributed by atoms with van der Waals surface area (Å²) in [7, 11) is 1.83. The van der Waals surface area contributed by atoms with E-state index in [2.05, 4.69) is 26.3 Å². The van der Waals surface area contributed by atoms with Crippen LogP contribution in [0.1, 0.15) is 20.2 Å². The molecule has 3 aromatic heterocycles. The molecule has 0 aromatic carbocycles. The van der Waals surface area contributed by atoms with E-state index >= 15 is 0 Å². The van der Waals surface area contributed by atoms with E-state index in [9.17, 15) is 4.79 Å². The summed E-state index contributed by atoms with van der Waals surface area (Å²) in [5, 5.41) is 4.99. The summed E-state index contributed by atoms with van der Waals surface area (Å²) in [6.45, 7) is 2.51. The quantitative estimate of drug-likeness (QED) is 0.583. The molecule has 114 valence electrons. The van der Waals surface area contributed by atoms with E-state index in [1.165, 1.54) is 11.3 Å². The average molecular weight is 413 g/mol. The lowest BCUT2D eigenvalue weighted by Crippen LogP contribution is -2.25. The summed E-state index contributed by atoms with van der Waals surface area (Å²) in [5.74, 6) is 0.0287. The zero-order valence-electron chi connectivity index (χ0n) is 12.0. The summed E-state index contributed by atoms with van der Waals surface area (Å²) in [4.78, 5) is 20.8. The van der Waals surface area contributed by atoms with E-state index in [1.54, 1.807) is 27.6 Å². The molecule has 22 heavy (non-hydrogen) atoms. The molecule has 0 aliphatic carbocycles. The minimum Gasteiger partial charge on any atom is -0.336 e. The molecule has 0 unspecified atom stereocenters. The monoisotopic (exact) mass is 412 g/mol. The van der Waals surface area contributed by atoms with Crippen molar-refractivity contribution in [3.05, 3.63) is 48.2 Å². The largest absolute Gasteiger partial charge is 0.336 e. The van der Waals surface area contributed by atoms with Crippen molar-refractivity contribution in [1.29, 1.82) is 0 Å². The van der Waals surface area contributed by atoms with Gasteiger partial charge in [-0.25, -0.2) is 4.98 Å². The Labute approximate surface area is 149 Å². The maximum Gasteiger partial charge on any atom is 0.265 e. The highest BCUT2D eigenvalue weighted by Gasteiger charge is 2.20. The van der Waals surface area contributed by atoms with Crippen LogP contribution in [-0.2, 0) is 6.54 Å². The fourth-order valence-electron chi connectivity index (χ4n) is 2.02. The lowest BCUT2D eigenvalue weighted by atomic mass is 10.3. The molecule has 1 amide bonds. The van der Waals surface area contributed by atoms with Gasteiger partial charge in [-0.2, -0.15) is 11.3 Å². The maximum atomic E-state index is 12.7. The lowest BCUT2D eigenvalue weighted by molar-refractivity contribution is 0.0790. The predicted molar refractivity (Wildman–Crippen MR) is 98.0 cm³/mol. The Hall–Kier alpha value is -1.02. The summed E-state index contributed by atoms with van der Waals surface area (Å²) < 4.78 is 1.08. The van der Waals surface area contributed by atoms with Crippen LogP contribution in [-0.4, -0.2) is 22.8 Å². The smallest absolute Gasteiger partial charge is 0.265 e. The number of carbonyl (C=O) groups excluding carboxylic acids is 1. The number of aryl methyl sites for hydroxylation is 1. The Morgan fingerprint density at radius 2 is 2.14 bits per heavy atom. The van der Waals surface area contributed by atoms with Gasteiger partial charge in [0.2, 0.25) is 0 Å². The van der Waals surface area contributed by atoms with Crippen LogP contribution in [0, 0.1) is 6.92 Å². The second-order valence-corrected chi connectivity index (χ2v) is 9.14. The van der Waals surface area contributed by atoms with Crippen LogP contribution in [0.2, 0.25) is 0 Å². The van der Waals surface area contributed by atoms with Gasteiger partial charge < -0.3 is 4.90 Å². The van der Waals surface area contributed by atoms with Crippen molar-refractivity contribution in [2.24, 2.45) is 0 Å². The molecule has 3 aromatic rings. The summed E-state index contributed by atoms with van der Waals surface area (Å²) in [6, 6.07) is 6.07. The van der Waals surface area contributed by atoms with Crippen LogP contribution in [0.4, 0.5) is 0 Å². The molecular formula is C15H13BrN2OS3. The second kappa shape index (κ2) is 6.62. The second-order valence-electron chi connectivity index (χ2n) is 4.81. The molecule has 0 aliphatic rings. The SMILES string of the molecule is Cc1nc(-c2ccsc2)sc1C(=O)N(C)Cc1ccc(Br)s1.